The summed E-state index contributed by atoms with van der Waals surface area (Å²) in [4.78, 5) is 41.4. The van der Waals surface area contributed by atoms with Gasteiger partial charge in [0.05, 0.1) is 30.4 Å². The molecule has 1 aromatic heterocycles. The molecule has 0 bridgehead atoms. The van der Waals surface area contributed by atoms with Gasteiger partial charge in [-0.1, -0.05) is 36.2 Å². The lowest BCUT2D eigenvalue weighted by atomic mass is 9.94. The summed E-state index contributed by atoms with van der Waals surface area (Å²) in [6.07, 6.45) is 4.66. The maximum Gasteiger partial charge on any atom is 0.255 e. The maximum absolute atomic E-state index is 14.2. The van der Waals surface area contributed by atoms with E-state index in [1.54, 1.807) is 25.3 Å². The number of piperazine rings is 1. The summed E-state index contributed by atoms with van der Waals surface area (Å²) in [6, 6.07) is 13.1. The van der Waals surface area contributed by atoms with Crippen molar-refractivity contribution in [3.63, 3.8) is 0 Å². The first kappa shape index (κ1) is 29.8. The van der Waals surface area contributed by atoms with Crippen LogP contribution in [0.1, 0.15) is 40.9 Å². The average molecular weight is 605 g/mol. The predicted octanol–water partition coefficient (Wildman–Crippen LogP) is 4.14. The minimum Gasteiger partial charge on any atom is -0.495 e. The second kappa shape index (κ2) is 13.6. The molecular formula is C33H41ClN6O3. The van der Waals surface area contributed by atoms with Crippen LogP contribution in [-0.2, 0) is 17.8 Å². The summed E-state index contributed by atoms with van der Waals surface area (Å²) in [5.74, 6) is 0.462. The first-order valence-electron chi connectivity index (χ1n) is 15.5. The maximum atomic E-state index is 14.2. The van der Waals surface area contributed by atoms with Crippen LogP contribution in [-0.4, -0.2) is 109 Å². The van der Waals surface area contributed by atoms with Crippen molar-refractivity contribution in [1.29, 1.82) is 0 Å². The second-order valence-corrected chi connectivity index (χ2v) is 12.3. The number of benzene rings is 2. The van der Waals surface area contributed by atoms with Gasteiger partial charge >= 0.3 is 0 Å². The molecule has 228 valence electrons. The minimum atomic E-state index is -0.161. The van der Waals surface area contributed by atoms with E-state index in [0.29, 0.717) is 36.0 Å². The number of para-hydroxylation sites is 1. The van der Waals surface area contributed by atoms with Crippen LogP contribution in [0, 0.1) is 0 Å². The Morgan fingerprint density at radius 3 is 2.42 bits per heavy atom. The van der Waals surface area contributed by atoms with Gasteiger partial charge < -0.3 is 19.9 Å². The first-order chi connectivity index (χ1) is 21.0. The normalized spacial score (nSPS) is 18.4. The number of pyridine rings is 1. The van der Waals surface area contributed by atoms with Gasteiger partial charge in [0.1, 0.15) is 5.75 Å². The smallest absolute Gasteiger partial charge is 0.255 e. The van der Waals surface area contributed by atoms with Crippen LogP contribution in [0.2, 0.25) is 5.02 Å². The Balaban J connectivity index is 1.15. The number of rotatable bonds is 8. The van der Waals surface area contributed by atoms with Gasteiger partial charge in [-0.15, -0.1) is 0 Å². The van der Waals surface area contributed by atoms with Gasteiger partial charge in [0.25, 0.3) is 5.91 Å². The molecular weight excluding hydrogens is 564 g/mol. The molecule has 3 aliphatic heterocycles. The summed E-state index contributed by atoms with van der Waals surface area (Å²) in [5, 5.41) is 4.34. The lowest BCUT2D eigenvalue weighted by Crippen LogP contribution is -2.51. The van der Waals surface area contributed by atoms with E-state index in [4.69, 9.17) is 21.3 Å². The molecule has 3 aliphatic rings. The van der Waals surface area contributed by atoms with Crippen molar-refractivity contribution in [3.8, 4) is 5.75 Å². The molecule has 1 N–H and O–H groups in total. The number of halogens is 1. The van der Waals surface area contributed by atoms with Crippen molar-refractivity contribution in [1.82, 2.24) is 24.6 Å². The lowest BCUT2D eigenvalue weighted by molar-refractivity contribution is -0.117. The van der Waals surface area contributed by atoms with Crippen LogP contribution in [0.4, 0.5) is 5.69 Å². The van der Waals surface area contributed by atoms with Crippen molar-refractivity contribution in [2.24, 2.45) is 0 Å². The molecule has 2 saturated heterocycles. The van der Waals surface area contributed by atoms with E-state index in [-0.39, 0.29) is 18.4 Å². The number of hydrogen-bond acceptors (Lipinski definition) is 7. The molecule has 0 unspecified atom stereocenters. The number of piperidine rings is 1. The van der Waals surface area contributed by atoms with Crippen molar-refractivity contribution in [2.45, 2.75) is 32.2 Å². The molecule has 9 nitrogen and oxygen atoms in total. The highest BCUT2D eigenvalue weighted by Crippen LogP contribution is 2.31. The molecule has 43 heavy (non-hydrogen) atoms. The average Bonchev–Trinajstić information content (AvgIpc) is 3.03. The summed E-state index contributed by atoms with van der Waals surface area (Å²) < 4.78 is 5.38. The molecule has 0 saturated carbocycles. The molecule has 2 amide bonds. The fourth-order valence-corrected chi connectivity index (χ4v) is 6.77. The van der Waals surface area contributed by atoms with Gasteiger partial charge in [0.2, 0.25) is 5.91 Å². The van der Waals surface area contributed by atoms with Gasteiger partial charge in [0, 0.05) is 80.4 Å². The van der Waals surface area contributed by atoms with E-state index in [9.17, 15) is 9.59 Å². The number of likely N-dealkylation sites (tertiary alicyclic amines) is 1. The Labute approximate surface area is 258 Å². The topological polar surface area (TPSA) is 81.2 Å². The number of aromatic nitrogens is 1. The summed E-state index contributed by atoms with van der Waals surface area (Å²) in [5.41, 5.74) is 4.02. The number of hydrogen-bond donors (Lipinski definition) is 1. The summed E-state index contributed by atoms with van der Waals surface area (Å²) in [7, 11) is 1.56. The van der Waals surface area contributed by atoms with E-state index in [1.165, 1.54) is 32.4 Å². The van der Waals surface area contributed by atoms with Gasteiger partial charge in [-0.05, 0) is 50.2 Å². The molecule has 0 atom stereocenters. The molecule has 3 aromatic rings. The van der Waals surface area contributed by atoms with Crippen LogP contribution in [0.3, 0.4) is 0 Å². The summed E-state index contributed by atoms with van der Waals surface area (Å²) >= 11 is 6.16. The zero-order valence-electron chi connectivity index (χ0n) is 25.0. The molecule has 6 rings (SSSR count). The third kappa shape index (κ3) is 6.96. The predicted molar refractivity (Wildman–Crippen MR) is 170 cm³/mol. The highest BCUT2D eigenvalue weighted by Gasteiger charge is 2.30. The van der Waals surface area contributed by atoms with Gasteiger partial charge in [-0.2, -0.15) is 0 Å². The number of nitrogens with zero attached hydrogens (tertiary/aromatic N) is 5. The molecule has 2 fully saturated rings. The standard InChI is InChI=1S/C33H41ClN6O3/c1-43-30-10-9-24(34)21-29(30)36-31(41)23-39-14-11-28-26(22-39)32(25-7-3-4-8-27(25)35-28)33(42)40-19-17-38(18-20-40)16-15-37-12-5-2-6-13-37/h3-4,7-10,21H,2,5-6,11-20,22-23H2,1H3,(H,36,41). The van der Waals surface area contributed by atoms with Crippen LogP contribution in [0.15, 0.2) is 42.5 Å². The largest absolute Gasteiger partial charge is 0.495 e. The fraction of sp³-hybridized carbons (Fsp3) is 0.485. The molecule has 4 heterocycles. The number of carbonyl (C=O) groups is 2. The molecule has 10 heteroatoms. The Bertz CT molecular complexity index is 1470. The zero-order chi connectivity index (χ0) is 29.8. The number of carbonyl (C=O) groups excluding carboxylic acids is 2. The monoisotopic (exact) mass is 604 g/mol. The fourth-order valence-electron chi connectivity index (χ4n) is 6.59. The number of ether oxygens (including phenoxy) is 1. The van der Waals surface area contributed by atoms with Crippen LogP contribution in [0.5, 0.6) is 5.75 Å². The van der Waals surface area contributed by atoms with E-state index in [1.807, 2.05) is 29.2 Å². The van der Waals surface area contributed by atoms with Crippen molar-refractivity contribution >= 4 is 40.0 Å². The molecule has 0 radical (unpaired) electrons. The quantitative estimate of drug-likeness (QED) is 0.414. The Morgan fingerprint density at radius 2 is 1.65 bits per heavy atom. The summed E-state index contributed by atoms with van der Waals surface area (Å²) in [6.45, 7) is 9.19. The molecule has 0 aliphatic carbocycles. The third-order valence-corrected chi connectivity index (χ3v) is 9.22. The minimum absolute atomic E-state index is 0.0699. The highest BCUT2D eigenvalue weighted by molar-refractivity contribution is 6.31. The Morgan fingerprint density at radius 1 is 0.907 bits per heavy atom. The number of nitrogens with one attached hydrogen (secondary N) is 1. The van der Waals surface area contributed by atoms with Crippen LogP contribution < -0.4 is 10.1 Å². The number of methoxy groups -OCH3 is 1. The van der Waals surface area contributed by atoms with E-state index in [0.717, 1.165) is 67.0 Å². The van der Waals surface area contributed by atoms with Crippen LogP contribution in [0.25, 0.3) is 10.9 Å². The lowest BCUT2D eigenvalue weighted by Gasteiger charge is -2.37. The van der Waals surface area contributed by atoms with Crippen molar-refractivity contribution < 1.29 is 14.3 Å². The first-order valence-corrected chi connectivity index (χ1v) is 15.9. The Kier molecular flexibility index (Phi) is 9.43. The van der Waals surface area contributed by atoms with Gasteiger partial charge in [-0.3, -0.25) is 24.4 Å². The van der Waals surface area contributed by atoms with E-state index in [2.05, 4.69) is 20.0 Å². The van der Waals surface area contributed by atoms with Gasteiger partial charge in [-0.25, -0.2) is 0 Å². The van der Waals surface area contributed by atoms with E-state index >= 15 is 0 Å². The zero-order valence-corrected chi connectivity index (χ0v) is 25.7. The molecule has 0 spiro atoms. The number of amides is 2. The SMILES string of the molecule is COc1ccc(Cl)cc1NC(=O)CN1CCc2nc3ccccc3c(C(=O)N3CCN(CCN4CCCCC4)CC3)c2C1. The Hall–Kier alpha value is -3.24. The van der Waals surface area contributed by atoms with Crippen molar-refractivity contribution in [2.75, 3.05) is 77.9 Å². The molecule has 2 aromatic carbocycles. The van der Waals surface area contributed by atoms with Gasteiger partial charge in [0.15, 0.2) is 0 Å². The van der Waals surface area contributed by atoms with Crippen LogP contribution >= 0.6 is 11.6 Å². The van der Waals surface area contributed by atoms with E-state index < -0.39 is 0 Å². The second-order valence-electron chi connectivity index (χ2n) is 11.8. The third-order valence-electron chi connectivity index (χ3n) is 8.98. The highest BCUT2D eigenvalue weighted by atomic mass is 35.5. The number of anilines is 1. The van der Waals surface area contributed by atoms with Crippen molar-refractivity contribution in [3.05, 3.63) is 64.3 Å². The number of fused-ring (bicyclic) bond motifs is 2.